The van der Waals surface area contributed by atoms with Crippen LogP contribution < -0.4 is 5.32 Å². The van der Waals surface area contributed by atoms with E-state index in [4.69, 9.17) is 0 Å². The van der Waals surface area contributed by atoms with Crippen molar-refractivity contribution in [1.82, 2.24) is 20.5 Å². The number of nitrogens with zero attached hydrogens (tertiary/aromatic N) is 2. The number of carbonyl (C=O) groups is 1. The van der Waals surface area contributed by atoms with E-state index in [0.717, 1.165) is 12.2 Å². The summed E-state index contributed by atoms with van der Waals surface area (Å²) in [6, 6.07) is 0.133. The molecule has 1 aromatic rings. The van der Waals surface area contributed by atoms with Gasteiger partial charge < -0.3 is 5.32 Å². The van der Waals surface area contributed by atoms with E-state index in [2.05, 4.69) is 34.3 Å². The molecule has 0 aliphatic heterocycles. The van der Waals surface area contributed by atoms with Crippen LogP contribution in [-0.4, -0.2) is 27.1 Å². The van der Waals surface area contributed by atoms with Crippen LogP contribution in [0.2, 0.25) is 0 Å². The van der Waals surface area contributed by atoms with Gasteiger partial charge in [-0.25, -0.2) is 4.98 Å². The summed E-state index contributed by atoms with van der Waals surface area (Å²) < 4.78 is 0. The molecule has 1 aromatic heterocycles. The van der Waals surface area contributed by atoms with Gasteiger partial charge in [-0.2, -0.15) is 0 Å². The first-order chi connectivity index (χ1) is 8.20. The first-order valence-corrected chi connectivity index (χ1v) is 6.44. The van der Waals surface area contributed by atoms with Crippen molar-refractivity contribution in [3.8, 4) is 0 Å². The third kappa shape index (κ3) is 4.13. The molecule has 0 saturated heterocycles. The maximum absolute atomic E-state index is 11.9. The Bertz CT molecular complexity index is 403. The lowest BCUT2D eigenvalue weighted by atomic mass is 9.96. The standard InChI is InChI=1S/C13H24N4O/c1-8(2)7-9(3)14-11(18)10-15-12(17-16-10)13(4,5)6/h8-9H,7H2,1-6H3,(H,14,18)(H,15,16,17). The zero-order valence-electron chi connectivity index (χ0n) is 12.2. The van der Waals surface area contributed by atoms with Crippen LogP contribution in [0, 0.1) is 5.92 Å². The van der Waals surface area contributed by atoms with Crippen molar-refractivity contribution in [1.29, 1.82) is 0 Å². The summed E-state index contributed by atoms with van der Waals surface area (Å²) in [4.78, 5) is 16.2. The summed E-state index contributed by atoms with van der Waals surface area (Å²) in [7, 11) is 0. The van der Waals surface area contributed by atoms with Crippen molar-refractivity contribution in [2.24, 2.45) is 5.92 Å². The van der Waals surface area contributed by atoms with Gasteiger partial charge in [0.25, 0.3) is 5.91 Å². The molecule has 102 valence electrons. The number of nitrogens with one attached hydrogen (secondary N) is 2. The number of hydrogen-bond acceptors (Lipinski definition) is 3. The number of amides is 1. The Morgan fingerprint density at radius 2 is 1.94 bits per heavy atom. The number of aromatic nitrogens is 3. The summed E-state index contributed by atoms with van der Waals surface area (Å²) in [5, 5.41) is 9.69. The van der Waals surface area contributed by atoms with Crippen molar-refractivity contribution in [3.05, 3.63) is 11.6 Å². The molecule has 0 aliphatic carbocycles. The third-order valence-corrected chi connectivity index (χ3v) is 2.60. The Hall–Kier alpha value is -1.39. The molecule has 0 radical (unpaired) electrons. The van der Waals surface area contributed by atoms with Gasteiger partial charge in [0.05, 0.1) is 0 Å². The highest BCUT2D eigenvalue weighted by Crippen LogP contribution is 2.17. The van der Waals surface area contributed by atoms with Crippen LogP contribution in [0.15, 0.2) is 0 Å². The second-order valence-electron chi connectivity index (χ2n) is 6.26. The van der Waals surface area contributed by atoms with Crippen molar-refractivity contribution < 1.29 is 4.79 Å². The van der Waals surface area contributed by atoms with Crippen LogP contribution in [-0.2, 0) is 5.41 Å². The number of H-pyrrole nitrogens is 1. The summed E-state index contributed by atoms with van der Waals surface area (Å²) >= 11 is 0. The number of rotatable bonds is 4. The molecule has 1 atom stereocenters. The van der Waals surface area contributed by atoms with Crippen molar-refractivity contribution in [2.45, 2.75) is 59.4 Å². The molecule has 0 spiro atoms. The zero-order valence-corrected chi connectivity index (χ0v) is 12.2. The molecular weight excluding hydrogens is 228 g/mol. The molecule has 1 unspecified atom stereocenters. The summed E-state index contributed by atoms with van der Waals surface area (Å²) in [6.45, 7) is 12.3. The minimum Gasteiger partial charge on any atom is -0.347 e. The third-order valence-electron chi connectivity index (χ3n) is 2.60. The monoisotopic (exact) mass is 252 g/mol. The van der Waals surface area contributed by atoms with E-state index in [0.29, 0.717) is 5.92 Å². The first-order valence-electron chi connectivity index (χ1n) is 6.44. The maximum atomic E-state index is 11.9. The van der Waals surface area contributed by atoms with Gasteiger partial charge in [0, 0.05) is 11.5 Å². The van der Waals surface area contributed by atoms with Crippen LogP contribution in [0.5, 0.6) is 0 Å². The summed E-state index contributed by atoms with van der Waals surface area (Å²) in [5.74, 6) is 1.28. The predicted octanol–water partition coefficient (Wildman–Crippen LogP) is 2.27. The van der Waals surface area contributed by atoms with E-state index in [1.54, 1.807) is 0 Å². The van der Waals surface area contributed by atoms with Gasteiger partial charge in [0.15, 0.2) is 0 Å². The predicted molar refractivity (Wildman–Crippen MR) is 71.5 cm³/mol. The molecule has 1 amide bonds. The van der Waals surface area contributed by atoms with E-state index >= 15 is 0 Å². The SMILES string of the molecule is CC(C)CC(C)NC(=O)c1n[nH]c(C(C)(C)C)n1. The Labute approximate surface area is 109 Å². The van der Waals surface area contributed by atoms with Crippen molar-refractivity contribution >= 4 is 5.91 Å². The van der Waals surface area contributed by atoms with Crippen molar-refractivity contribution in [3.63, 3.8) is 0 Å². The highest BCUT2D eigenvalue weighted by Gasteiger charge is 2.21. The Morgan fingerprint density at radius 3 is 2.39 bits per heavy atom. The topological polar surface area (TPSA) is 70.7 Å². The van der Waals surface area contributed by atoms with Crippen LogP contribution in [0.4, 0.5) is 0 Å². The molecular formula is C13H24N4O. The average molecular weight is 252 g/mol. The molecule has 1 rings (SSSR count). The number of aromatic amines is 1. The average Bonchev–Trinajstić information content (AvgIpc) is 2.63. The second kappa shape index (κ2) is 5.50. The molecule has 0 saturated carbocycles. The van der Waals surface area contributed by atoms with Gasteiger partial charge in [-0.15, -0.1) is 5.10 Å². The fourth-order valence-electron chi connectivity index (χ4n) is 1.75. The normalized spacial score (nSPS) is 13.7. The van der Waals surface area contributed by atoms with E-state index in [-0.39, 0.29) is 23.2 Å². The number of carbonyl (C=O) groups excluding carboxylic acids is 1. The molecule has 18 heavy (non-hydrogen) atoms. The molecule has 0 bridgehead atoms. The van der Waals surface area contributed by atoms with Gasteiger partial charge in [-0.3, -0.25) is 9.89 Å². The van der Waals surface area contributed by atoms with E-state index < -0.39 is 0 Å². The van der Waals surface area contributed by atoms with E-state index in [1.807, 2.05) is 27.7 Å². The molecule has 0 aliphatic rings. The quantitative estimate of drug-likeness (QED) is 0.863. The number of hydrogen-bond donors (Lipinski definition) is 2. The molecule has 0 aromatic carbocycles. The molecule has 2 N–H and O–H groups in total. The largest absolute Gasteiger partial charge is 0.347 e. The first kappa shape index (κ1) is 14.7. The van der Waals surface area contributed by atoms with Gasteiger partial charge >= 0.3 is 0 Å². The molecule has 1 heterocycles. The van der Waals surface area contributed by atoms with E-state index in [1.165, 1.54) is 0 Å². The van der Waals surface area contributed by atoms with Gasteiger partial charge in [0.1, 0.15) is 5.82 Å². The Balaban J connectivity index is 2.65. The zero-order chi connectivity index (χ0) is 13.9. The van der Waals surface area contributed by atoms with Crippen molar-refractivity contribution in [2.75, 3.05) is 0 Å². The fraction of sp³-hybridized carbons (Fsp3) is 0.769. The smallest absolute Gasteiger partial charge is 0.291 e. The van der Waals surface area contributed by atoms with Crippen LogP contribution in [0.3, 0.4) is 0 Å². The van der Waals surface area contributed by atoms with Gasteiger partial charge in [-0.05, 0) is 19.3 Å². The molecule has 5 heteroatoms. The van der Waals surface area contributed by atoms with Gasteiger partial charge in [0.2, 0.25) is 5.82 Å². The van der Waals surface area contributed by atoms with Crippen LogP contribution >= 0.6 is 0 Å². The fourth-order valence-corrected chi connectivity index (χ4v) is 1.75. The summed E-state index contributed by atoms with van der Waals surface area (Å²) in [5.41, 5.74) is -0.130. The highest BCUT2D eigenvalue weighted by atomic mass is 16.2. The highest BCUT2D eigenvalue weighted by molar-refractivity contribution is 5.90. The van der Waals surface area contributed by atoms with Gasteiger partial charge in [-0.1, -0.05) is 34.6 Å². The maximum Gasteiger partial charge on any atom is 0.291 e. The van der Waals surface area contributed by atoms with E-state index in [9.17, 15) is 4.79 Å². The molecule has 5 nitrogen and oxygen atoms in total. The summed E-state index contributed by atoms with van der Waals surface area (Å²) in [6.07, 6.45) is 0.947. The minimum absolute atomic E-state index is 0.130. The molecule has 0 fully saturated rings. The lowest BCUT2D eigenvalue weighted by Crippen LogP contribution is -2.34. The Morgan fingerprint density at radius 1 is 1.33 bits per heavy atom. The Kier molecular flexibility index (Phi) is 4.48. The lowest BCUT2D eigenvalue weighted by molar-refractivity contribution is 0.0926. The minimum atomic E-state index is -0.213. The lowest BCUT2D eigenvalue weighted by Gasteiger charge is -2.15. The van der Waals surface area contributed by atoms with Crippen LogP contribution in [0.1, 0.15) is 64.4 Å². The second-order valence-corrected chi connectivity index (χ2v) is 6.26. The van der Waals surface area contributed by atoms with Crippen LogP contribution in [0.25, 0.3) is 0 Å².